The number of rotatable bonds is 6. The number of halogens is 3. The van der Waals surface area contributed by atoms with Gasteiger partial charge in [0.2, 0.25) is 0 Å². The Balaban J connectivity index is 2.10. The lowest BCUT2D eigenvalue weighted by Gasteiger charge is -2.24. The van der Waals surface area contributed by atoms with Crippen LogP contribution < -0.4 is 5.73 Å². The Labute approximate surface area is 101 Å². The zero-order valence-corrected chi connectivity index (χ0v) is 10.4. The minimum Gasteiger partial charge on any atom is -0.372 e. The van der Waals surface area contributed by atoms with E-state index < -0.39 is 12.8 Å². The third kappa shape index (κ3) is 5.73. The quantitative estimate of drug-likeness (QED) is 0.737. The normalized spacial score (nSPS) is 29.8. The van der Waals surface area contributed by atoms with E-state index in [1.54, 1.807) is 0 Å². The van der Waals surface area contributed by atoms with Crippen LogP contribution in [-0.4, -0.2) is 24.9 Å². The van der Waals surface area contributed by atoms with E-state index in [0.717, 1.165) is 32.1 Å². The molecule has 2 unspecified atom stereocenters. The molecule has 2 atom stereocenters. The first-order chi connectivity index (χ1) is 7.85. The predicted octanol–water partition coefficient (Wildman–Crippen LogP) is 3.25. The smallest absolute Gasteiger partial charge is 0.372 e. The molecule has 5 heteroatoms. The van der Waals surface area contributed by atoms with Gasteiger partial charge in [0.05, 0.1) is 0 Å². The average molecular weight is 253 g/mol. The molecule has 0 heterocycles. The maximum absolute atomic E-state index is 11.8. The van der Waals surface area contributed by atoms with Gasteiger partial charge in [-0.15, -0.1) is 0 Å². The summed E-state index contributed by atoms with van der Waals surface area (Å²) in [5, 5.41) is 0. The summed E-state index contributed by atoms with van der Waals surface area (Å²) in [5.41, 5.74) is 6.05. The van der Waals surface area contributed by atoms with E-state index in [2.05, 4.69) is 11.7 Å². The topological polar surface area (TPSA) is 35.2 Å². The largest absolute Gasteiger partial charge is 0.411 e. The van der Waals surface area contributed by atoms with Crippen molar-refractivity contribution in [3.05, 3.63) is 0 Å². The molecule has 0 bridgehead atoms. The van der Waals surface area contributed by atoms with E-state index in [-0.39, 0.29) is 12.1 Å². The van der Waals surface area contributed by atoms with Gasteiger partial charge in [-0.3, -0.25) is 0 Å². The first-order valence-electron chi connectivity index (χ1n) is 6.28. The predicted molar refractivity (Wildman–Crippen MR) is 60.7 cm³/mol. The molecule has 0 saturated heterocycles. The van der Waals surface area contributed by atoms with Crippen LogP contribution in [0.2, 0.25) is 0 Å². The zero-order valence-electron chi connectivity index (χ0n) is 10.4. The third-order valence-electron chi connectivity index (χ3n) is 3.55. The highest BCUT2D eigenvalue weighted by Crippen LogP contribution is 2.37. The lowest BCUT2D eigenvalue weighted by molar-refractivity contribution is -0.174. The van der Waals surface area contributed by atoms with Gasteiger partial charge >= 0.3 is 6.18 Å². The van der Waals surface area contributed by atoms with Crippen LogP contribution in [0.15, 0.2) is 0 Å². The van der Waals surface area contributed by atoms with Gasteiger partial charge in [-0.25, -0.2) is 0 Å². The summed E-state index contributed by atoms with van der Waals surface area (Å²) in [4.78, 5) is 0. The van der Waals surface area contributed by atoms with Crippen molar-refractivity contribution in [2.24, 2.45) is 11.7 Å². The highest BCUT2D eigenvalue weighted by atomic mass is 19.4. The fourth-order valence-electron chi connectivity index (χ4n) is 2.56. The molecular formula is C12H22F3NO. The van der Waals surface area contributed by atoms with Crippen LogP contribution >= 0.6 is 0 Å². The van der Waals surface area contributed by atoms with Crippen molar-refractivity contribution in [1.82, 2.24) is 0 Å². The number of hydrogen-bond donors (Lipinski definition) is 1. The fourth-order valence-corrected chi connectivity index (χ4v) is 2.56. The first-order valence-corrected chi connectivity index (χ1v) is 6.28. The van der Waals surface area contributed by atoms with Crippen molar-refractivity contribution in [3.8, 4) is 0 Å². The molecule has 17 heavy (non-hydrogen) atoms. The SMILES string of the molecule is CCC1CCC(N)(CCCOCC(F)(F)F)C1. The van der Waals surface area contributed by atoms with Crippen molar-refractivity contribution in [3.63, 3.8) is 0 Å². The van der Waals surface area contributed by atoms with E-state index in [0.29, 0.717) is 12.3 Å². The Hall–Kier alpha value is -0.290. The van der Waals surface area contributed by atoms with Gasteiger partial charge in [-0.05, 0) is 38.0 Å². The van der Waals surface area contributed by atoms with Gasteiger partial charge in [0.1, 0.15) is 6.61 Å². The highest BCUT2D eigenvalue weighted by molar-refractivity contribution is 4.92. The van der Waals surface area contributed by atoms with Crippen LogP contribution in [0.3, 0.4) is 0 Å². The van der Waals surface area contributed by atoms with Gasteiger partial charge in [0.25, 0.3) is 0 Å². The summed E-state index contributed by atoms with van der Waals surface area (Å²) in [6.07, 6.45) is 1.44. The molecule has 0 amide bonds. The Morgan fingerprint density at radius 3 is 2.65 bits per heavy atom. The molecule has 1 saturated carbocycles. The number of hydrogen-bond acceptors (Lipinski definition) is 2. The molecule has 0 aromatic carbocycles. The lowest BCUT2D eigenvalue weighted by atomic mass is 9.91. The third-order valence-corrected chi connectivity index (χ3v) is 3.55. The van der Waals surface area contributed by atoms with E-state index >= 15 is 0 Å². The Morgan fingerprint density at radius 1 is 1.41 bits per heavy atom. The summed E-state index contributed by atoms with van der Waals surface area (Å²) >= 11 is 0. The number of ether oxygens (including phenoxy) is 1. The van der Waals surface area contributed by atoms with Gasteiger partial charge in [-0.2, -0.15) is 13.2 Å². The van der Waals surface area contributed by atoms with Crippen molar-refractivity contribution in [1.29, 1.82) is 0 Å². The molecule has 0 aliphatic heterocycles. The van der Waals surface area contributed by atoms with Crippen LogP contribution in [-0.2, 0) is 4.74 Å². The maximum atomic E-state index is 11.8. The molecule has 102 valence electrons. The molecule has 1 aliphatic rings. The zero-order chi connectivity index (χ0) is 12.9. The molecule has 2 nitrogen and oxygen atoms in total. The molecule has 0 aromatic rings. The monoisotopic (exact) mass is 253 g/mol. The van der Waals surface area contributed by atoms with Crippen LogP contribution in [0, 0.1) is 5.92 Å². The number of alkyl halides is 3. The van der Waals surface area contributed by atoms with Gasteiger partial charge < -0.3 is 10.5 Å². The van der Waals surface area contributed by atoms with Crippen molar-refractivity contribution >= 4 is 0 Å². The van der Waals surface area contributed by atoms with Crippen LogP contribution in [0.25, 0.3) is 0 Å². The van der Waals surface area contributed by atoms with Crippen LogP contribution in [0.1, 0.15) is 45.4 Å². The second-order valence-electron chi connectivity index (χ2n) is 5.15. The minimum absolute atomic E-state index is 0.148. The Morgan fingerprint density at radius 2 is 2.12 bits per heavy atom. The molecule has 0 aromatic heterocycles. The van der Waals surface area contributed by atoms with E-state index in [9.17, 15) is 13.2 Å². The average Bonchev–Trinajstić information content (AvgIpc) is 2.58. The van der Waals surface area contributed by atoms with Gasteiger partial charge in [-0.1, -0.05) is 13.3 Å². The van der Waals surface area contributed by atoms with E-state index in [1.807, 2.05) is 0 Å². The maximum Gasteiger partial charge on any atom is 0.411 e. The highest BCUT2D eigenvalue weighted by Gasteiger charge is 2.34. The van der Waals surface area contributed by atoms with Crippen LogP contribution in [0.5, 0.6) is 0 Å². The minimum atomic E-state index is -4.22. The molecule has 2 N–H and O–H groups in total. The molecule has 1 fully saturated rings. The van der Waals surface area contributed by atoms with Crippen molar-refractivity contribution < 1.29 is 17.9 Å². The number of nitrogens with two attached hydrogens (primary N) is 1. The van der Waals surface area contributed by atoms with Gasteiger partial charge in [0.15, 0.2) is 0 Å². The van der Waals surface area contributed by atoms with Crippen LogP contribution in [0.4, 0.5) is 13.2 Å². The Bertz CT molecular complexity index is 232. The Kier molecular flexibility index (Phi) is 5.25. The summed E-state index contributed by atoms with van der Waals surface area (Å²) in [5.74, 6) is 0.691. The summed E-state index contributed by atoms with van der Waals surface area (Å²) in [7, 11) is 0. The molecule has 1 rings (SSSR count). The molecular weight excluding hydrogens is 231 g/mol. The summed E-state index contributed by atoms with van der Waals surface area (Å²) in [6.45, 7) is 1.15. The second kappa shape index (κ2) is 6.05. The molecule has 0 radical (unpaired) electrons. The second-order valence-corrected chi connectivity index (χ2v) is 5.15. The van der Waals surface area contributed by atoms with E-state index in [4.69, 9.17) is 5.73 Å². The molecule has 1 aliphatic carbocycles. The first kappa shape index (κ1) is 14.8. The summed E-state index contributed by atoms with van der Waals surface area (Å²) < 4.78 is 40.0. The standard InChI is InChI=1S/C12H22F3NO/c1-2-10-4-6-11(16,8-10)5-3-7-17-9-12(13,14)15/h10H,2-9,16H2,1H3. The van der Waals surface area contributed by atoms with Crippen molar-refractivity contribution in [2.75, 3.05) is 13.2 Å². The van der Waals surface area contributed by atoms with Crippen molar-refractivity contribution in [2.45, 2.75) is 57.2 Å². The van der Waals surface area contributed by atoms with Gasteiger partial charge in [0, 0.05) is 12.1 Å². The molecule has 0 spiro atoms. The lowest BCUT2D eigenvalue weighted by Crippen LogP contribution is -2.37. The fraction of sp³-hybridized carbons (Fsp3) is 1.00. The summed E-state index contributed by atoms with van der Waals surface area (Å²) in [6, 6.07) is 0. The van der Waals surface area contributed by atoms with E-state index in [1.165, 1.54) is 0 Å².